The van der Waals surface area contributed by atoms with E-state index in [4.69, 9.17) is 32.3 Å². The minimum atomic E-state index is -4.92. The fourth-order valence-electron chi connectivity index (χ4n) is 9.63. The predicted molar refractivity (Wildman–Crippen MR) is 371 cm³/mol. The van der Waals surface area contributed by atoms with Gasteiger partial charge in [0.05, 0.1) is 26.4 Å². The monoisotopic (exact) mass is 1320 g/mol. The highest BCUT2D eigenvalue weighted by Gasteiger charge is 2.29. The molecule has 0 radical (unpaired) electrons. The molecule has 0 amide bonds. The summed E-state index contributed by atoms with van der Waals surface area (Å²) in [6.07, 6.45) is 72.0. The first kappa shape index (κ1) is 87.7. The molecular weight excluding hydrogens is 1190 g/mol. The van der Waals surface area contributed by atoms with Crippen LogP contribution in [0.25, 0.3) is 0 Å². The summed E-state index contributed by atoms with van der Waals surface area (Å²) in [7, 11) is -9.78. The number of hydrogen-bond donors (Lipinski definition) is 4. The number of phosphoric ester groups is 2. The van der Waals surface area contributed by atoms with Gasteiger partial charge in [-0.15, -0.1) is 0 Å². The molecule has 18 heteroatoms. The normalized spacial score (nSPS) is 14.7. The summed E-state index contributed by atoms with van der Waals surface area (Å²) in [5.41, 5.74) is 0. The number of carbonyl (C=O) groups is 3. The lowest BCUT2D eigenvalue weighted by Crippen LogP contribution is -2.30. The zero-order valence-corrected chi connectivity index (χ0v) is 59.0. The molecule has 0 heterocycles. The fourth-order valence-corrected chi connectivity index (χ4v) is 11.2. The number of allylic oxidation sites excluding steroid dienone is 14. The van der Waals surface area contributed by atoms with E-state index in [-0.39, 0.29) is 19.3 Å². The number of esters is 3. The molecule has 0 aliphatic heterocycles. The van der Waals surface area contributed by atoms with Gasteiger partial charge in [-0.3, -0.25) is 32.5 Å². The summed E-state index contributed by atoms with van der Waals surface area (Å²) in [6, 6.07) is 0. The van der Waals surface area contributed by atoms with E-state index < -0.39 is 91.5 Å². The van der Waals surface area contributed by atoms with Crippen LogP contribution in [0.3, 0.4) is 0 Å². The average molecular weight is 1330 g/mol. The summed E-state index contributed by atoms with van der Waals surface area (Å²) in [6.45, 7) is 2.53. The zero-order valence-electron chi connectivity index (χ0n) is 57.3. The number of hydrogen-bond acceptors (Lipinski definition) is 14. The van der Waals surface area contributed by atoms with Gasteiger partial charge in [0.25, 0.3) is 0 Å². The Hall–Kier alpha value is -3.27. The molecule has 0 spiro atoms. The van der Waals surface area contributed by atoms with Crippen molar-refractivity contribution in [3.05, 3.63) is 85.1 Å². The van der Waals surface area contributed by atoms with Gasteiger partial charge in [0.2, 0.25) is 0 Å². The second-order valence-corrected chi connectivity index (χ2v) is 26.9. The number of ether oxygens (including phenoxy) is 3. The number of rotatable bonds is 68. The van der Waals surface area contributed by atoms with Crippen molar-refractivity contribution in [3.8, 4) is 0 Å². The molecule has 0 aliphatic carbocycles. The van der Waals surface area contributed by atoms with Crippen LogP contribution in [0.2, 0.25) is 0 Å². The molecule has 0 aromatic heterocycles. The minimum Gasteiger partial charge on any atom is -0.463 e. The molecule has 5 atom stereocenters. The van der Waals surface area contributed by atoms with Gasteiger partial charge in [-0.25, -0.2) is 9.13 Å². The average Bonchev–Trinajstić information content (AvgIpc) is 3.30. The summed E-state index contributed by atoms with van der Waals surface area (Å²) in [5.74, 6) is -1.59. The number of unbranched alkanes of at least 4 members (excludes halogenated alkanes) is 31. The predicted octanol–water partition coefficient (Wildman–Crippen LogP) is 20.1. The van der Waals surface area contributed by atoms with Crippen molar-refractivity contribution >= 4 is 33.6 Å². The van der Waals surface area contributed by atoms with Crippen LogP contribution in [-0.2, 0) is 55.8 Å². The highest BCUT2D eigenvalue weighted by atomic mass is 31.2. The van der Waals surface area contributed by atoms with Crippen LogP contribution in [0.1, 0.15) is 303 Å². The third kappa shape index (κ3) is 67.9. The van der Waals surface area contributed by atoms with Gasteiger partial charge in [0.15, 0.2) is 6.10 Å². The SMILES string of the molecule is CC/C=C\C/C=C\C/C=C\CCCCCCCC(=O)OCC(COP(=O)(O)OCC(O)COP(=O)(O)OCC(O)COC(=O)CCCCCCCCCCC/C=C\C/C=C\C/C=C\C/C=C\CCCCC)OC(=O)CCCCCCCCCCCCCCCCC. The minimum absolute atomic E-state index is 0.105. The second kappa shape index (κ2) is 66.7. The Kier molecular flexibility index (Phi) is 64.3. The molecule has 0 fully saturated rings. The standard InChI is InChI=1S/C73H130O16P2/c1-4-7-10-13-16-19-22-25-28-29-30-31-32-33-34-35-36-37-40-42-44-47-50-53-56-59-71(76)83-62-68(74)63-85-90(79,80)86-64-69(75)65-87-91(81,82)88-67-70(89-73(78)61-58-55-52-49-46-43-39-27-24-21-18-15-12-9-6-3)66-84-72(77)60-57-54-51-48-45-41-38-26-23-20-17-14-11-8-5-2/h8,11,16-17,19-20,25-26,28,30-31,33-34,38,68-70,74-75H,4-7,9-10,12-15,18,21-24,27,29,32,35-37,39-67H2,1-3H3,(H,79,80)(H,81,82)/b11-8-,19-16-,20-17-,28-25-,31-30-,34-33-,38-26-. The van der Waals surface area contributed by atoms with E-state index in [0.717, 1.165) is 128 Å². The van der Waals surface area contributed by atoms with Crippen molar-refractivity contribution in [2.24, 2.45) is 0 Å². The molecule has 91 heavy (non-hydrogen) atoms. The molecule has 0 bridgehead atoms. The van der Waals surface area contributed by atoms with Crippen molar-refractivity contribution in [3.63, 3.8) is 0 Å². The van der Waals surface area contributed by atoms with E-state index in [1.54, 1.807) is 0 Å². The first-order valence-electron chi connectivity index (χ1n) is 35.9. The Morgan fingerprint density at radius 1 is 0.319 bits per heavy atom. The molecule has 0 saturated carbocycles. The highest BCUT2D eigenvalue weighted by Crippen LogP contribution is 2.45. The lowest BCUT2D eigenvalue weighted by molar-refractivity contribution is -0.161. The van der Waals surface area contributed by atoms with Crippen LogP contribution >= 0.6 is 15.6 Å². The van der Waals surface area contributed by atoms with Crippen molar-refractivity contribution < 1.29 is 75.8 Å². The Morgan fingerprint density at radius 2 is 0.582 bits per heavy atom. The molecule has 528 valence electrons. The maximum absolute atomic E-state index is 12.9. The van der Waals surface area contributed by atoms with Crippen molar-refractivity contribution in [2.75, 3.05) is 39.6 Å². The van der Waals surface area contributed by atoms with E-state index in [9.17, 15) is 43.5 Å². The quantitative estimate of drug-likeness (QED) is 0.0146. The van der Waals surface area contributed by atoms with E-state index in [2.05, 4.69) is 106 Å². The first-order valence-corrected chi connectivity index (χ1v) is 38.9. The molecule has 0 aliphatic rings. The van der Waals surface area contributed by atoms with Gasteiger partial charge >= 0.3 is 33.6 Å². The zero-order chi connectivity index (χ0) is 66.7. The van der Waals surface area contributed by atoms with Crippen LogP contribution in [0.4, 0.5) is 0 Å². The van der Waals surface area contributed by atoms with Crippen LogP contribution in [-0.4, -0.2) is 95.9 Å². The largest absolute Gasteiger partial charge is 0.472 e. The van der Waals surface area contributed by atoms with Crippen LogP contribution in [0.15, 0.2) is 85.1 Å². The van der Waals surface area contributed by atoms with E-state index >= 15 is 0 Å². The number of carbonyl (C=O) groups excluding carboxylic acids is 3. The van der Waals surface area contributed by atoms with Gasteiger partial charge in [-0.2, -0.15) is 0 Å². The third-order valence-corrected chi connectivity index (χ3v) is 17.0. The van der Waals surface area contributed by atoms with Gasteiger partial charge < -0.3 is 34.2 Å². The van der Waals surface area contributed by atoms with Gasteiger partial charge in [0.1, 0.15) is 25.4 Å². The second-order valence-electron chi connectivity index (χ2n) is 24.0. The molecule has 0 rings (SSSR count). The molecule has 5 unspecified atom stereocenters. The Balaban J connectivity index is 4.55. The summed E-state index contributed by atoms with van der Waals surface area (Å²) < 4.78 is 60.9. The smallest absolute Gasteiger partial charge is 0.463 e. The van der Waals surface area contributed by atoms with Gasteiger partial charge in [-0.05, 0) is 96.3 Å². The Bertz CT molecular complexity index is 2000. The lowest BCUT2D eigenvalue weighted by atomic mass is 10.0. The third-order valence-electron chi connectivity index (χ3n) is 15.1. The number of aliphatic hydroxyl groups excluding tert-OH is 2. The maximum atomic E-state index is 12.9. The maximum Gasteiger partial charge on any atom is 0.472 e. The summed E-state index contributed by atoms with van der Waals surface area (Å²) in [5, 5.41) is 20.6. The lowest BCUT2D eigenvalue weighted by Gasteiger charge is -2.21. The van der Waals surface area contributed by atoms with Crippen molar-refractivity contribution in [1.29, 1.82) is 0 Å². The molecule has 4 N–H and O–H groups in total. The van der Waals surface area contributed by atoms with Crippen molar-refractivity contribution in [1.82, 2.24) is 0 Å². The van der Waals surface area contributed by atoms with Crippen LogP contribution in [0, 0.1) is 0 Å². The molecular formula is C73H130O16P2. The molecule has 0 saturated heterocycles. The van der Waals surface area contributed by atoms with Crippen LogP contribution < -0.4 is 0 Å². The summed E-state index contributed by atoms with van der Waals surface area (Å²) in [4.78, 5) is 58.4. The Labute approximate surface area is 553 Å². The molecule has 16 nitrogen and oxygen atoms in total. The topological polar surface area (TPSA) is 231 Å². The molecule has 0 aromatic carbocycles. The van der Waals surface area contributed by atoms with E-state index in [1.165, 1.54) is 116 Å². The van der Waals surface area contributed by atoms with Crippen molar-refractivity contribution in [2.45, 2.75) is 322 Å². The highest BCUT2D eigenvalue weighted by molar-refractivity contribution is 7.47. The van der Waals surface area contributed by atoms with Gasteiger partial charge in [-0.1, -0.05) is 273 Å². The first-order chi connectivity index (χ1) is 44.2. The Morgan fingerprint density at radius 3 is 0.945 bits per heavy atom. The van der Waals surface area contributed by atoms with Crippen LogP contribution in [0.5, 0.6) is 0 Å². The van der Waals surface area contributed by atoms with E-state index in [1.807, 2.05) is 0 Å². The van der Waals surface area contributed by atoms with E-state index in [0.29, 0.717) is 19.3 Å². The summed E-state index contributed by atoms with van der Waals surface area (Å²) >= 11 is 0. The fraction of sp³-hybridized carbons (Fsp3) is 0.767. The number of phosphoric acid groups is 2. The van der Waals surface area contributed by atoms with Gasteiger partial charge in [0, 0.05) is 19.3 Å². The number of aliphatic hydroxyl groups is 2. The molecule has 0 aromatic rings.